The van der Waals surface area contributed by atoms with Crippen LogP contribution in [0.4, 0.5) is 0 Å². The van der Waals surface area contributed by atoms with E-state index in [9.17, 15) is 4.79 Å². The summed E-state index contributed by atoms with van der Waals surface area (Å²) < 4.78 is 4.97. The molecule has 0 radical (unpaired) electrons. The van der Waals surface area contributed by atoms with Crippen molar-refractivity contribution in [2.45, 2.75) is 0 Å². The lowest BCUT2D eigenvalue weighted by Gasteiger charge is -1.91. The fourth-order valence-corrected chi connectivity index (χ4v) is 1.18. The highest BCUT2D eigenvalue weighted by Gasteiger charge is 2.12. The van der Waals surface area contributed by atoms with Crippen LogP contribution in [0.1, 0.15) is 10.4 Å². The average molecular weight is 178 g/mol. The number of benzene rings is 1. The minimum Gasteiger partial charge on any atom is -0.508 e. The fourth-order valence-electron chi connectivity index (χ4n) is 1.18. The van der Waals surface area contributed by atoms with Crippen LogP contribution < -0.4 is 0 Å². The lowest BCUT2D eigenvalue weighted by molar-refractivity contribution is 0.0698. The van der Waals surface area contributed by atoms with Crippen molar-refractivity contribution < 1.29 is 19.4 Å². The summed E-state index contributed by atoms with van der Waals surface area (Å²) in [5, 5.41) is 18.3. The molecule has 2 N–H and O–H groups in total. The van der Waals surface area contributed by atoms with Crippen molar-refractivity contribution in [3.63, 3.8) is 0 Å². The van der Waals surface area contributed by atoms with Gasteiger partial charge in [-0.3, -0.25) is 0 Å². The highest BCUT2D eigenvalue weighted by atomic mass is 16.4. The molecule has 2 rings (SSSR count). The number of furan rings is 1. The summed E-state index contributed by atoms with van der Waals surface area (Å²) >= 11 is 0. The quantitative estimate of drug-likeness (QED) is 0.698. The number of phenols is 1. The molecule has 0 spiro atoms. The Morgan fingerprint density at radius 3 is 2.85 bits per heavy atom. The number of carboxylic acid groups (broad SMARTS) is 1. The van der Waals surface area contributed by atoms with E-state index in [1.54, 1.807) is 0 Å². The zero-order chi connectivity index (χ0) is 9.42. The van der Waals surface area contributed by atoms with Crippen LogP contribution in [0.2, 0.25) is 0 Å². The number of aromatic hydroxyl groups is 1. The Kier molecular flexibility index (Phi) is 1.48. The highest BCUT2D eigenvalue weighted by Crippen LogP contribution is 2.24. The zero-order valence-electron chi connectivity index (χ0n) is 6.52. The van der Waals surface area contributed by atoms with Crippen LogP contribution in [-0.4, -0.2) is 16.2 Å². The Labute approximate surface area is 73.0 Å². The van der Waals surface area contributed by atoms with Crippen LogP contribution in [-0.2, 0) is 0 Å². The molecule has 66 valence electrons. The molecule has 1 aromatic heterocycles. The smallest absolute Gasteiger partial charge is 0.339 e. The molecule has 13 heavy (non-hydrogen) atoms. The van der Waals surface area contributed by atoms with E-state index in [1.807, 2.05) is 0 Å². The Bertz CT molecular complexity index is 469. The first-order chi connectivity index (χ1) is 6.18. The summed E-state index contributed by atoms with van der Waals surface area (Å²) in [5.41, 5.74) is 0.515. The molecule has 0 aliphatic heterocycles. The SMILES string of the molecule is O=C(O)c1coc2ccc(O)cc12. The summed E-state index contributed by atoms with van der Waals surface area (Å²) in [5.74, 6) is -1.04. The largest absolute Gasteiger partial charge is 0.508 e. The summed E-state index contributed by atoms with van der Waals surface area (Å²) in [6.45, 7) is 0. The van der Waals surface area contributed by atoms with Gasteiger partial charge in [0, 0.05) is 5.39 Å². The molecule has 4 nitrogen and oxygen atoms in total. The maximum absolute atomic E-state index is 10.6. The second-order valence-electron chi connectivity index (χ2n) is 2.63. The number of aromatic carboxylic acids is 1. The van der Waals surface area contributed by atoms with E-state index in [4.69, 9.17) is 14.6 Å². The monoisotopic (exact) mass is 178 g/mol. The van der Waals surface area contributed by atoms with Crippen molar-refractivity contribution in [1.29, 1.82) is 0 Å². The molecular formula is C9H6O4. The van der Waals surface area contributed by atoms with Gasteiger partial charge in [-0.15, -0.1) is 0 Å². The van der Waals surface area contributed by atoms with E-state index >= 15 is 0 Å². The number of carboxylic acids is 1. The van der Waals surface area contributed by atoms with Crippen LogP contribution in [0.3, 0.4) is 0 Å². The molecule has 0 saturated heterocycles. The van der Waals surface area contributed by atoms with E-state index in [2.05, 4.69) is 0 Å². The molecule has 1 aromatic carbocycles. The van der Waals surface area contributed by atoms with Crippen LogP contribution in [0, 0.1) is 0 Å². The molecule has 0 fully saturated rings. The first kappa shape index (κ1) is 7.67. The van der Waals surface area contributed by atoms with Crippen LogP contribution in [0.5, 0.6) is 5.75 Å². The number of rotatable bonds is 1. The number of phenolic OH excluding ortho intramolecular Hbond substituents is 1. The number of carbonyl (C=O) groups is 1. The number of hydrogen-bond acceptors (Lipinski definition) is 3. The summed E-state index contributed by atoms with van der Waals surface area (Å²) in [4.78, 5) is 10.6. The van der Waals surface area contributed by atoms with E-state index in [-0.39, 0.29) is 11.3 Å². The maximum atomic E-state index is 10.6. The molecular weight excluding hydrogens is 172 g/mol. The van der Waals surface area contributed by atoms with Gasteiger partial charge in [-0.1, -0.05) is 0 Å². The Morgan fingerprint density at radius 1 is 1.38 bits per heavy atom. The lowest BCUT2D eigenvalue weighted by atomic mass is 10.2. The predicted molar refractivity (Wildman–Crippen MR) is 44.8 cm³/mol. The first-order valence-electron chi connectivity index (χ1n) is 3.62. The van der Waals surface area contributed by atoms with Crippen LogP contribution >= 0.6 is 0 Å². The van der Waals surface area contributed by atoms with Gasteiger partial charge in [0.05, 0.1) is 0 Å². The molecule has 1 heterocycles. The van der Waals surface area contributed by atoms with Crippen molar-refractivity contribution in [2.75, 3.05) is 0 Å². The topological polar surface area (TPSA) is 70.7 Å². The first-order valence-corrected chi connectivity index (χ1v) is 3.62. The third-order valence-corrected chi connectivity index (χ3v) is 1.79. The molecule has 0 saturated carbocycles. The van der Waals surface area contributed by atoms with Crippen LogP contribution in [0.25, 0.3) is 11.0 Å². The van der Waals surface area contributed by atoms with E-state index < -0.39 is 5.97 Å². The molecule has 0 amide bonds. The average Bonchev–Trinajstić information content (AvgIpc) is 2.46. The predicted octanol–water partition coefficient (Wildman–Crippen LogP) is 1.84. The Balaban J connectivity index is 2.79. The zero-order valence-corrected chi connectivity index (χ0v) is 6.52. The second-order valence-corrected chi connectivity index (χ2v) is 2.63. The maximum Gasteiger partial charge on any atom is 0.339 e. The van der Waals surface area contributed by atoms with Gasteiger partial charge in [0.25, 0.3) is 0 Å². The van der Waals surface area contributed by atoms with Crippen molar-refractivity contribution in [1.82, 2.24) is 0 Å². The Hall–Kier alpha value is -1.97. The summed E-state index contributed by atoms with van der Waals surface area (Å²) in [6, 6.07) is 4.33. The minimum atomic E-state index is -1.07. The molecule has 4 heteroatoms. The van der Waals surface area contributed by atoms with E-state index in [1.165, 1.54) is 18.2 Å². The molecule has 0 aliphatic carbocycles. The molecule has 0 atom stereocenters. The van der Waals surface area contributed by atoms with E-state index in [0.29, 0.717) is 11.0 Å². The van der Waals surface area contributed by atoms with Gasteiger partial charge in [0.15, 0.2) is 0 Å². The molecule has 2 aromatic rings. The van der Waals surface area contributed by atoms with Crippen molar-refractivity contribution in [3.05, 3.63) is 30.0 Å². The van der Waals surface area contributed by atoms with Gasteiger partial charge in [0.2, 0.25) is 0 Å². The van der Waals surface area contributed by atoms with Crippen molar-refractivity contribution in [2.24, 2.45) is 0 Å². The van der Waals surface area contributed by atoms with Gasteiger partial charge >= 0.3 is 5.97 Å². The fraction of sp³-hybridized carbons (Fsp3) is 0. The molecule has 0 bridgehead atoms. The van der Waals surface area contributed by atoms with Crippen molar-refractivity contribution in [3.8, 4) is 5.75 Å². The molecule has 0 unspecified atom stereocenters. The van der Waals surface area contributed by atoms with Gasteiger partial charge in [-0.05, 0) is 18.2 Å². The van der Waals surface area contributed by atoms with Gasteiger partial charge in [-0.25, -0.2) is 4.79 Å². The van der Waals surface area contributed by atoms with Gasteiger partial charge in [0.1, 0.15) is 23.2 Å². The standard InChI is InChI=1S/C9H6O4/c10-5-1-2-8-6(3-5)7(4-13-8)9(11)12/h1-4,10H,(H,11,12). The highest BCUT2D eigenvalue weighted by molar-refractivity contribution is 6.02. The number of fused-ring (bicyclic) bond motifs is 1. The minimum absolute atomic E-state index is 0.0244. The second kappa shape index (κ2) is 2.52. The Morgan fingerprint density at radius 2 is 2.15 bits per heavy atom. The molecule has 0 aliphatic rings. The third-order valence-electron chi connectivity index (χ3n) is 1.79. The lowest BCUT2D eigenvalue weighted by Crippen LogP contribution is -1.93. The van der Waals surface area contributed by atoms with E-state index in [0.717, 1.165) is 6.26 Å². The van der Waals surface area contributed by atoms with Gasteiger partial charge in [-0.2, -0.15) is 0 Å². The van der Waals surface area contributed by atoms with Crippen molar-refractivity contribution >= 4 is 16.9 Å². The third kappa shape index (κ3) is 1.12. The normalized spacial score (nSPS) is 10.5. The summed E-state index contributed by atoms with van der Waals surface area (Å²) in [7, 11) is 0. The number of hydrogen-bond donors (Lipinski definition) is 2. The van der Waals surface area contributed by atoms with Gasteiger partial charge < -0.3 is 14.6 Å². The summed E-state index contributed by atoms with van der Waals surface area (Å²) in [6.07, 6.45) is 1.16. The van der Waals surface area contributed by atoms with Crippen LogP contribution in [0.15, 0.2) is 28.9 Å².